The lowest BCUT2D eigenvalue weighted by atomic mass is 10.1. The molecule has 0 N–H and O–H groups in total. The van der Waals surface area contributed by atoms with E-state index in [1.807, 2.05) is 0 Å². The van der Waals surface area contributed by atoms with Gasteiger partial charge in [-0.2, -0.15) is 4.31 Å². The normalized spacial score (nSPS) is 15.2. The smallest absolute Gasteiger partial charge is 0.363 e. The molecule has 0 radical (unpaired) electrons. The van der Waals surface area contributed by atoms with Gasteiger partial charge in [0.05, 0.1) is 19.1 Å². The molecule has 0 fully saturated rings. The van der Waals surface area contributed by atoms with Crippen LogP contribution in [0.2, 0.25) is 0 Å². The summed E-state index contributed by atoms with van der Waals surface area (Å²) in [7, 11) is -0.496. The number of rotatable bonds is 8. The van der Waals surface area contributed by atoms with Crippen molar-refractivity contribution in [1.29, 1.82) is 0 Å². The molecule has 1 heterocycles. The first-order valence-electron chi connectivity index (χ1n) is 9.69. The number of esters is 1. The standard InChI is InChI=1S/C22H24N2O6S/c1-5-24(6-2)31(26,27)17-10-8-16(9-11-17)21-23-18(22(25)30-21)13-15-7-12-19(28-3)20(14-15)29-4/h7-14H,5-6H2,1-4H3/b18-13-. The lowest BCUT2D eigenvalue weighted by molar-refractivity contribution is -0.129. The number of benzene rings is 2. The van der Waals surface area contributed by atoms with Gasteiger partial charge in [0.25, 0.3) is 0 Å². The Hall–Kier alpha value is -3.17. The van der Waals surface area contributed by atoms with Gasteiger partial charge in [0.2, 0.25) is 15.9 Å². The van der Waals surface area contributed by atoms with Gasteiger partial charge >= 0.3 is 5.97 Å². The van der Waals surface area contributed by atoms with Gasteiger partial charge in [-0.15, -0.1) is 0 Å². The highest BCUT2D eigenvalue weighted by molar-refractivity contribution is 7.89. The Morgan fingerprint density at radius 1 is 1.00 bits per heavy atom. The number of hydrogen-bond acceptors (Lipinski definition) is 7. The molecule has 0 amide bonds. The van der Waals surface area contributed by atoms with Crippen LogP contribution in [0, 0.1) is 0 Å². The molecule has 9 heteroatoms. The van der Waals surface area contributed by atoms with Crippen LogP contribution < -0.4 is 9.47 Å². The minimum Gasteiger partial charge on any atom is -0.493 e. The molecular weight excluding hydrogens is 420 g/mol. The molecule has 0 bridgehead atoms. The molecule has 0 spiro atoms. The molecule has 164 valence electrons. The topological polar surface area (TPSA) is 94.5 Å². The number of nitrogens with zero attached hydrogens (tertiary/aromatic N) is 2. The number of methoxy groups -OCH3 is 2. The summed E-state index contributed by atoms with van der Waals surface area (Å²) >= 11 is 0. The number of carbonyl (C=O) groups is 1. The van der Waals surface area contributed by atoms with Crippen LogP contribution in [0.4, 0.5) is 0 Å². The van der Waals surface area contributed by atoms with Crippen molar-refractivity contribution in [3.05, 3.63) is 59.3 Å². The molecule has 2 aromatic carbocycles. The van der Waals surface area contributed by atoms with Crippen molar-refractivity contribution in [1.82, 2.24) is 4.31 Å². The average molecular weight is 445 g/mol. The van der Waals surface area contributed by atoms with Crippen LogP contribution in [0.15, 0.2) is 58.0 Å². The van der Waals surface area contributed by atoms with Gasteiger partial charge in [-0.1, -0.05) is 19.9 Å². The number of cyclic esters (lactones) is 1. The van der Waals surface area contributed by atoms with Gasteiger partial charge in [0.1, 0.15) is 0 Å². The second-order valence-electron chi connectivity index (χ2n) is 6.56. The predicted octanol–water partition coefficient (Wildman–Crippen LogP) is 3.08. The fraction of sp³-hybridized carbons (Fsp3) is 0.273. The van der Waals surface area contributed by atoms with Crippen LogP contribution in [-0.4, -0.2) is 51.9 Å². The molecular formula is C22H24N2O6S. The summed E-state index contributed by atoms with van der Waals surface area (Å²) in [6.45, 7) is 4.34. The van der Waals surface area contributed by atoms with Crippen LogP contribution in [0.3, 0.4) is 0 Å². The Labute approximate surface area is 181 Å². The van der Waals surface area contributed by atoms with E-state index in [1.165, 1.54) is 23.5 Å². The minimum absolute atomic E-state index is 0.114. The highest BCUT2D eigenvalue weighted by atomic mass is 32.2. The van der Waals surface area contributed by atoms with Crippen molar-refractivity contribution in [3.63, 3.8) is 0 Å². The van der Waals surface area contributed by atoms with E-state index in [9.17, 15) is 13.2 Å². The second kappa shape index (κ2) is 9.32. The maximum Gasteiger partial charge on any atom is 0.363 e. The van der Waals surface area contributed by atoms with Crippen LogP contribution in [0.1, 0.15) is 25.0 Å². The van der Waals surface area contributed by atoms with Crippen molar-refractivity contribution in [2.75, 3.05) is 27.3 Å². The van der Waals surface area contributed by atoms with Crippen molar-refractivity contribution >= 4 is 28.0 Å². The maximum atomic E-state index is 12.6. The van der Waals surface area contributed by atoms with Crippen LogP contribution >= 0.6 is 0 Å². The zero-order chi connectivity index (χ0) is 22.6. The third kappa shape index (κ3) is 4.62. The second-order valence-corrected chi connectivity index (χ2v) is 8.50. The summed E-state index contributed by atoms with van der Waals surface area (Å²) in [5.41, 5.74) is 1.32. The molecule has 1 aliphatic rings. The lowest BCUT2D eigenvalue weighted by Crippen LogP contribution is -2.30. The van der Waals surface area contributed by atoms with Crippen LogP contribution in [0.25, 0.3) is 6.08 Å². The highest BCUT2D eigenvalue weighted by Crippen LogP contribution is 2.29. The quantitative estimate of drug-likeness (QED) is 0.459. The minimum atomic E-state index is -3.56. The number of hydrogen-bond donors (Lipinski definition) is 0. The van der Waals surface area contributed by atoms with Gasteiger partial charge in [-0.25, -0.2) is 18.2 Å². The van der Waals surface area contributed by atoms with E-state index in [0.29, 0.717) is 35.7 Å². The third-order valence-corrected chi connectivity index (χ3v) is 6.84. The van der Waals surface area contributed by atoms with E-state index < -0.39 is 16.0 Å². The van der Waals surface area contributed by atoms with Gasteiger partial charge in [-0.3, -0.25) is 0 Å². The molecule has 2 aromatic rings. The van der Waals surface area contributed by atoms with Crippen molar-refractivity contribution in [2.24, 2.45) is 4.99 Å². The molecule has 0 saturated heterocycles. The molecule has 0 aromatic heterocycles. The zero-order valence-corrected chi connectivity index (χ0v) is 18.6. The first-order chi connectivity index (χ1) is 14.8. The molecule has 31 heavy (non-hydrogen) atoms. The van der Waals surface area contributed by atoms with E-state index in [0.717, 1.165) is 0 Å². The van der Waals surface area contributed by atoms with Crippen molar-refractivity contribution in [3.8, 4) is 11.5 Å². The van der Waals surface area contributed by atoms with E-state index >= 15 is 0 Å². The summed E-state index contributed by atoms with van der Waals surface area (Å²) < 4.78 is 42.4. The molecule has 8 nitrogen and oxygen atoms in total. The summed E-state index contributed by atoms with van der Waals surface area (Å²) in [4.78, 5) is 16.7. The summed E-state index contributed by atoms with van der Waals surface area (Å²) in [6, 6.07) is 11.3. The summed E-state index contributed by atoms with van der Waals surface area (Å²) in [5.74, 6) is 0.619. The Kier molecular flexibility index (Phi) is 6.77. The first kappa shape index (κ1) is 22.5. The van der Waals surface area contributed by atoms with Gasteiger partial charge < -0.3 is 14.2 Å². The number of aliphatic imine (C=N–C) groups is 1. The van der Waals surface area contributed by atoms with E-state index in [4.69, 9.17) is 14.2 Å². The monoisotopic (exact) mass is 444 g/mol. The lowest BCUT2D eigenvalue weighted by Gasteiger charge is -2.18. The average Bonchev–Trinajstić information content (AvgIpc) is 3.14. The van der Waals surface area contributed by atoms with E-state index in [-0.39, 0.29) is 16.5 Å². The highest BCUT2D eigenvalue weighted by Gasteiger charge is 2.26. The van der Waals surface area contributed by atoms with Gasteiger partial charge in [0, 0.05) is 18.7 Å². The largest absolute Gasteiger partial charge is 0.493 e. The number of carbonyl (C=O) groups excluding carboxylic acids is 1. The van der Waals surface area contributed by atoms with Crippen molar-refractivity contribution in [2.45, 2.75) is 18.7 Å². The molecule has 0 saturated carbocycles. The van der Waals surface area contributed by atoms with Gasteiger partial charge in [0.15, 0.2) is 17.2 Å². The zero-order valence-electron chi connectivity index (χ0n) is 17.8. The Morgan fingerprint density at radius 2 is 1.65 bits per heavy atom. The predicted molar refractivity (Wildman–Crippen MR) is 117 cm³/mol. The molecule has 0 unspecified atom stereocenters. The Bertz CT molecular complexity index is 1130. The Balaban J connectivity index is 1.87. The molecule has 0 atom stereocenters. The first-order valence-corrected chi connectivity index (χ1v) is 11.1. The van der Waals surface area contributed by atoms with E-state index in [2.05, 4.69) is 4.99 Å². The van der Waals surface area contributed by atoms with Gasteiger partial charge in [-0.05, 0) is 48.0 Å². The molecule has 0 aliphatic carbocycles. The summed E-state index contributed by atoms with van der Waals surface area (Å²) in [6.07, 6.45) is 1.58. The molecule has 1 aliphatic heterocycles. The fourth-order valence-electron chi connectivity index (χ4n) is 3.12. The third-order valence-electron chi connectivity index (χ3n) is 4.78. The Morgan fingerprint density at radius 3 is 2.23 bits per heavy atom. The maximum absolute atomic E-state index is 12.6. The fourth-order valence-corrected chi connectivity index (χ4v) is 4.57. The van der Waals surface area contributed by atoms with Crippen LogP contribution in [-0.2, 0) is 19.6 Å². The van der Waals surface area contributed by atoms with E-state index in [1.54, 1.807) is 57.4 Å². The number of ether oxygens (including phenoxy) is 3. The van der Waals surface area contributed by atoms with Crippen LogP contribution in [0.5, 0.6) is 11.5 Å². The SMILES string of the molecule is CCN(CC)S(=O)(=O)c1ccc(C2=N/C(=C\c3ccc(OC)c(OC)c3)C(=O)O2)cc1. The summed E-state index contributed by atoms with van der Waals surface area (Å²) in [5, 5.41) is 0. The molecule has 3 rings (SSSR count). The number of sulfonamides is 1. The van der Waals surface area contributed by atoms with Crippen molar-refractivity contribution < 1.29 is 27.4 Å².